The molecule has 0 bridgehead atoms. The van der Waals surface area contributed by atoms with Crippen molar-refractivity contribution in [3.63, 3.8) is 0 Å². The van der Waals surface area contributed by atoms with Crippen LogP contribution in [0.2, 0.25) is 0 Å². The largest absolute Gasteiger partial charge is 0.454 e. The van der Waals surface area contributed by atoms with Crippen LogP contribution in [0.4, 0.5) is 0 Å². The Morgan fingerprint density at radius 3 is 2.17 bits per heavy atom. The Bertz CT molecular complexity index is 744. The number of nitrogens with two attached hydrogens (primary N) is 2. The molecule has 0 atom stereocenters. The Morgan fingerprint density at radius 1 is 1.04 bits per heavy atom. The van der Waals surface area contributed by atoms with Crippen LogP contribution in [0.1, 0.15) is 25.3 Å². The van der Waals surface area contributed by atoms with Gasteiger partial charge in [0.15, 0.2) is 11.5 Å². The first-order valence-electron chi connectivity index (χ1n) is 7.08. The molecule has 1 aromatic rings. The standard InChI is InChI=1S/C16H17N3O4/c1-7-12(15(17)20)14(13(16(18)21)8(2)19-7)9-3-4-10-11(5-9)23-6-22-10/h3-5,14,19H,6H2,1-2H3,(H2,17,20)(H2,18,21). The summed E-state index contributed by atoms with van der Waals surface area (Å²) in [6, 6.07) is 5.25. The minimum absolute atomic E-state index is 0.139. The summed E-state index contributed by atoms with van der Waals surface area (Å²) >= 11 is 0. The second-order valence-corrected chi connectivity index (χ2v) is 5.48. The molecule has 7 heteroatoms. The highest BCUT2D eigenvalue weighted by Gasteiger charge is 2.35. The summed E-state index contributed by atoms with van der Waals surface area (Å²) in [5.41, 5.74) is 13.6. The van der Waals surface area contributed by atoms with Gasteiger partial charge in [0.2, 0.25) is 18.6 Å². The van der Waals surface area contributed by atoms with E-state index in [0.29, 0.717) is 39.6 Å². The number of rotatable bonds is 3. The van der Waals surface area contributed by atoms with Crippen LogP contribution in [-0.4, -0.2) is 18.6 Å². The first kappa shape index (κ1) is 15.0. The number of fused-ring (bicyclic) bond motifs is 1. The average molecular weight is 315 g/mol. The van der Waals surface area contributed by atoms with Gasteiger partial charge in [0.1, 0.15) is 0 Å². The Labute approximate surface area is 132 Å². The van der Waals surface area contributed by atoms with Crippen molar-refractivity contribution in [2.75, 3.05) is 6.79 Å². The molecule has 0 unspecified atom stereocenters. The Morgan fingerprint density at radius 2 is 1.61 bits per heavy atom. The number of carbonyl (C=O) groups is 2. The number of nitrogens with one attached hydrogen (secondary N) is 1. The van der Waals surface area contributed by atoms with Gasteiger partial charge in [-0.1, -0.05) is 6.07 Å². The Hall–Kier alpha value is -2.96. The molecule has 2 amide bonds. The first-order valence-corrected chi connectivity index (χ1v) is 7.08. The molecule has 120 valence electrons. The first-order chi connectivity index (χ1) is 10.9. The number of amides is 2. The van der Waals surface area contributed by atoms with E-state index in [1.165, 1.54) is 0 Å². The number of ether oxygens (including phenoxy) is 2. The molecular formula is C16H17N3O4. The maximum absolute atomic E-state index is 12.0. The van der Waals surface area contributed by atoms with Gasteiger partial charge in [0, 0.05) is 28.5 Å². The average Bonchev–Trinajstić information content (AvgIpc) is 2.92. The van der Waals surface area contributed by atoms with Crippen molar-refractivity contribution in [3.8, 4) is 11.5 Å². The third kappa shape index (κ3) is 2.40. The quantitative estimate of drug-likeness (QED) is 0.756. The summed E-state index contributed by atoms with van der Waals surface area (Å²) in [7, 11) is 0. The summed E-state index contributed by atoms with van der Waals surface area (Å²) in [5.74, 6) is -0.678. The number of dihydropyridines is 1. The van der Waals surface area contributed by atoms with Gasteiger partial charge in [-0.2, -0.15) is 0 Å². The van der Waals surface area contributed by atoms with E-state index in [4.69, 9.17) is 20.9 Å². The van der Waals surface area contributed by atoms with Crippen molar-refractivity contribution >= 4 is 11.8 Å². The highest BCUT2D eigenvalue weighted by Crippen LogP contribution is 2.41. The van der Waals surface area contributed by atoms with Gasteiger partial charge in [-0.05, 0) is 31.5 Å². The lowest BCUT2D eigenvalue weighted by molar-refractivity contribution is -0.115. The van der Waals surface area contributed by atoms with Gasteiger partial charge in [0.05, 0.1) is 0 Å². The molecule has 7 nitrogen and oxygen atoms in total. The molecule has 0 saturated heterocycles. The van der Waals surface area contributed by atoms with E-state index < -0.39 is 17.7 Å². The van der Waals surface area contributed by atoms with Gasteiger partial charge < -0.3 is 26.3 Å². The van der Waals surface area contributed by atoms with E-state index in [1.54, 1.807) is 32.0 Å². The third-order valence-electron chi connectivity index (χ3n) is 4.02. The lowest BCUT2D eigenvalue weighted by atomic mass is 9.80. The van der Waals surface area contributed by atoms with Crippen molar-refractivity contribution < 1.29 is 19.1 Å². The summed E-state index contributed by atoms with van der Waals surface area (Å²) in [5, 5.41) is 3.00. The van der Waals surface area contributed by atoms with Crippen LogP contribution in [-0.2, 0) is 9.59 Å². The molecule has 0 aliphatic carbocycles. The molecule has 2 heterocycles. The molecule has 0 aromatic heterocycles. The molecule has 0 saturated carbocycles. The predicted octanol–water partition coefficient (Wildman–Crippen LogP) is 0.621. The highest BCUT2D eigenvalue weighted by molar-refractivity contribution is 6.02. The topological polar surface area (TPSA) is 117 Å². The molecule has 23 heavy (non-hydrogen) atoms. The second kappa shape index (κ2) is 5.35. The van der Waals surface area contributed by atoms with Gasteiger partial charge in [-0.15, -0.1) is 0 Å². The Kier molecular flexibility index (Phi) is 3.48. The van der Waals surface area contributed by atoms with Crippen LogP contribution in [0.15, 0.2) is 40.7 Å². The van der Waals surface area contributed by atoms with E-state index in [0.717, 1.165) is 0 Å². The van der Waals surface area contributed by atoms with Crippen LogP contribution in [0.25, 0.3) is 0 Å². The summed E-state index contributed by atoms with van der Waals surface area (Å²) < 4.78 is 10.7. The lowest BCUT2D eigenvalue weighted by Crippen LogP contribution is -2.35. The molecular weight excluding hydrogens is 298 g/mol. The normalized spacial score (nSPS) is 17.3. The van der Waals surface area contributed by atoms with Crippen LogP contribution < -0.4 is 26.3 Å². The fourth-order valence-corrected chi connectivity index (χ4v) is 3.07. The molecule has 0 fully saturated rings. The molecule has 2 aliphatic rings. The number of hydrogen-bond acceptors (Lipinski definition) is 5. The summed E-state index contributed by atoms with van der Waals surface area (Å²) in [6.45, 7) is 3.61. The smallest absolute Gasteiger partial charge is 0.247 e. The number of allylic oxidation sites excluding steroid dienone is 2. The van der Waals surface area contributed by atoms with Gasteiger partial charge in [0.25, 0.3) is 0 Å². The zero-order valence-electron chi connectivity index (χ0n) is 12.8. The fourth-order valence-electron chi connectivity index (χ4n) is 3.07. The molecule has 0 radical (unpaired) electrons. The van der Waals surface area contributed by atoms with Gasteiger partial charge in [-0.3, -0.25) is 9.59 Å². The molecule has 5 N–H and O–H groups in total. The SMILES string of the molecule is CC1=C(C(N)=O)C(c2ccc3c(c2)OCO3)C(C(N)=O)=C(C)N1. The molecule has 3 rings (SSSR count). The van der Waals surface area contributed by atoms with E-state index in [-0.39, 0.29) is 6.79 Å². The fraction of sp³-hybridized carbons (Fsp3) is 0.250. The maximum atomic E-state index is 12.0. The molecule has 0 spiro atoms. The third-order valence-corrected chi connectivity index (χ3v) is 4.02. The highest BCUT2D eigenvalue weighted by atomic mass is 16.7. The predicted molar refractivity (Wildman–Crippen MR) is 82.2 cm³/mol. The summed E-state index contributed by atoms with van der Waals surface area (Å²) in [4.78, 5) is 23.9. The molecule has 2 aliphatic heterocycles. The van der Waals surface area contributed by atoms with Gasteiger partial charge in [-0.25, -0.2) is 0 Å². The second-order valence-electron chi connectivity index (χ2n) is 5.48. The van der Waals surface area contributed by atoms with Crippen molar-refractivity contribution in [1.29, 1.82) is 0 Å². The van der Waals surface area contributed by atoms with E-state index >= 15 is 0 Å². The van der Waals surface area contributed by atoms with Crippen LogP contribution in [0.5, 0.6) is 11.5 Å². The van der Waals surface area contributed by atoms with E-state index in [2.05, 4.69) is 5.32 Å². The van der Waals surface area contributed by atoms with E-state index in [1.807, 2.05) is 0 Å². The van der Waals surface area contributed by atoms with Gasteiger partial charge >= 0.3 is 0 Å². The monoisotopic (exact) mass is 315 g/mol. The zero-order valence-corrected chi connectivity index (χ0v) is 12.8. The number of carbonyl (C=O) groups excluding carboxylic acids is 2. The van der Waals surface area contributed by atoms with Crippen LogP contribution in [0.3, 0.4) is 0 Å². The Balaban J connectivity index is 2.19. The van der Waals surface area contributed by atoms with Crippen LogP contribution in [0, 0.1) is 0 Å². The van der Waals surface area contributed by atoms with E-state index in [9.17, 15) is 9.59 Å². The molecule has 1 aromatic carbocycles. The van der Waals surface area contributed by atoms with Crippen LogP contribution >= 0.6 is 0 Å². The van der Waals surface area contributed by atoms with Crippen molar-refractivity contribution in [3.05, 3.63) is 46.3 Å². The van der Waals surface area contributed by atoms with Crippen molar-refractivity contribution in [2.45, 2.75) is 19.8 Å². The van der Waals surface area contributed by atoms with Crippen molar-refractivity contribution in [1.82, 2.24) is 5.32 Å². The zero-order chi connectivity index (χ0) is 16.7. The lowest BCUT2D eigenvalue weighted by Gasteiger charge is -2.29. The van der Waals surface area contributed by atoms with Crippen molar-refractivity contribution in [2.24, 2.45) is 11.5 Å². The minimum Gasteiger partial charge on any atom is -0.454 e. The number of benzene rings is 1. The minimum atomic E-state index is -0.638. The summed E-state index contributed by atoms with van der Waals surface area (Å²) in [6.07, 6.45) is 0. The maximum Gasteiger partial charge on any atom is 0.247 e. The number of hydrogen-bond donors (Lipinski definition) is 3. The number of primary amides is 2.